The van der Waals surface area contributed by atoms with E-state index in [9.17, 15) is 14.0 Å². The van der Waals surface area contributed by atoms with Crippen LogP contribution in [0.4, 0.5) is 10.2 Å². The van der Waals surface area contributed by atoms with E-state index in [1.807, 2.05) is 0 Å². The van der Waals surface area contributed by atoms with Crippen LogP contribution >= 0.6 is 0 Å². The fourth-order valence-corrected chi connectivity index (χ4v) is 2.97. The highest BCUT2D eigenvalue weighted by Crippen LogP contribution is 2.13. The van der Waals surface area contributed by atoms with Crippen molar-refractivity contribution in [1.82, 2.24) is 19.8 Å². The smallest absolute Gasteiger partial charge is 0.276 e. The highest BCUT2D eigenvalue weighted by atomic mass is 19.1. The van der Waals surface area contributed by atoms with Crippen molar-refractivity contribution in [2.75, 3.05) is 31.9 Å². The molecule has 26 heavy (non-hydrogen) atoms. The molecule has 0 atom stereocenters. The summed E-state index contributed by atoms with van der Waals surface area (Å²) in [5, 5.41) is 0. The molecule has 1 aliphatic heterocycles. The van der Waals surface area contributed by atoms with Crippen molar-refractivity contribution < 1.29 is 14.0 Å². The van der Waals surface area contributed by atoms with Gasteiger partial charge in [0.1, 0.15) is 5.82 Å². The highest BCUT2D eigenvalue weighted by molar-refractivity contribution is 5.96. The van der Waals surface area contributed by atoms with Crippen LogP contribution in [0.5, 0.6) is 0 Å². The zero-order valence-corrected chi connectivity index (χ0v) is 14.3. The molecule has 2 heterocycles. The zero-order chi connectivity index (χ0) is 18.5. The van der Waals surface area contributed by atoms with Gasteiger partial charge in [0.05, 0.1) is 6.42 Å². The standard InChI is InChI=1S/C18H20FN5O2/c19-14-4-1-3-13(11-14)12-15(25)23-7-2-8-24(10-9-23)18(26)16-17(20)22-6-5-21-16/h1,3-6,11H,2,7-10,12H2,(H2,20,22). The quantitative estimate of drug-likeness (QED) is 0.888. The molecule has 0 aliphatic carbocycles. The number of nitrogens with zero attached hydrogens (tertiary/aromatic N) is 4. The molecule has 3 rings (SSSR count). The molecule has 0 unspecified atom stereocenters. The van der Waals surface area contributed by atoms with E-state index >= 15 is 0 Å². The van der Waals surface area contributed by atoms with Crippen molar-refractivity contribution in [2.24, 2.45) is 0 Å². The minimum Gasteiger partial charge on any atom is -0.382 e. The van der Waals surface area contributed by atoms with E-state index in [1.54, 1.807) is 21.9 Å². The van der Waals surface area contributed by atoms with Crippen LogP contribution in [0.15, 0.2) is 36.7 Å². The van der Waals surface area contributed by atoms with E-state index in [0.29, 0.717) is 38.2 Å². The third-order valence-electron chi connectivity index (χ3n) is 4.31. The number of carbonyl (C=O) groups is 2. The molecule has 0 bridgehead atoms. The van der Waals surface area contributed by atoms with Gasteiger partial charge < -0.3 is 15.5 Å². The Bertz CT molecular complexity index is 814. The molecule has 8 heteroatoms. The first-order valence-electron chi connectivity index (χ1n) is 8.42. The molecule has 0 spiro atoms. The Balaban J connectivity index is 1.62. The van der Waals surface area contributed by atoms with Gasteiger partial charge in [-0.25, -0.2) is 14.4 Å². The largest absolute Gasteiger partial charge is 0.382 e. The lowest BCUT2D eigenvalue weighted by Crippen LogP contribution is -2.38. The molecule has 2 aromatic rings. The van der Waals surface area contributed by atoms with Crippen molar-refractivity contribution >= 4 is 17.6 Å². The summed E-state index contributed by atoms with van der Waals surface area (Å²) in [4.78, 5) is 36.3. The minimum absolute atomic E-state index is 0.0797. The van der Waals surface area contributed by atoms with Gasteiger partial charge in [-0.15, -0.1) is 0 Å². The molecular weight excluding hydrogens is 337 g/mol. The van der Waals surface area contributed by atoms with Crippen LogP contribution < -0.4 is 5.73 Å². The van der Waals surface area contributed by atoms with Gasteiger partial charge in [-0.3, -0.25) is 9.59 Å². The summed E-state index contributed by atoms with van der Waals surface area (Å²) in [5.74, 6) is -0.621. The van der Waals surface area contributed by atoms with E-state index in [0.717, 1.165) is 0 Å². The molecule has 1 fully saturated rings. The monoisotopic (exact) mass is 357 g/mol. The molecule has 2 amide bonds. The van der Waals surface area contributed by atoms with Gasteiger partial charge in [-0.1, -0.05) is 12.1 Å². The Morgan fingerprint density at radius 3 is 2.58 bits per heavy atom. The van der Waals surface area contributed by atoms with E-state index in [1.165, 1.54) is 24.5 Å². The van der Waals surface area contributed by atoms with E-state index in [2.05, 4.69) is 9.97 Å². The lowest BCUT2D eigenvalue weighted by molar-refractivity contribution is -0.130. The van der Waals surface area contributed by atoms with Crippen molar-refractivity contribution in [3.8, 4) is 0 Å². The highest BCUT2D eigenvalue weighted by Gasteiger charge is 2.25. The number of hydrogen-bond donors (Lipinski definition) is 1. The SMILES string of the molecule is Nc1nccnc1C(=O)N1CCCN(C(=O)Cc2cccc(F)c2)CC1. The first-order chi connectivity index (χ1) is 12.5. The van der Waals surface area contributed by atoms with Gasteiger partial charge in [-0.2, -0.15) is 0 Å². The minimum atomic E-state index is -0.357. The molecule has 2 N–H and O–H groups in total. The Kier molecular flexibility index (Phi) is 5.40. The van der Waals surface area contributed by atoms with Crippen LogP contribution in [0.1, 0.15) is 22.5 Å². The second-order valence-electron chi connectivity index (χ2n) is 6.12. The maximum Gasteiger partial charge on any atom is 0.276 e. The second-order valence-corrected chi connectivity index (χ2v) is 6.12. The van der Waals surface area contributed by atoms with E-state index < -0.39 is 0 Å². The number of benzene rings is 1. The number of nitrogen functional groups attached to an aromatic ring is 1. The second kappa shape index (κ2) is 7.90. The predicted molar refractivity (Wildman–Crippen MR) is 93.6 cm³/mol. The third-order valence-corrected chi connectivity index (χ3v) is 4.31. The number of halogens is 1. The summed E-state index contributed by atoms with van der Waals surface area (Å²) in [6.45, 7) is 1.87. The van der Waals surface area contributed by atoms with Crippen LogP contribution in [0, 0.1) is 5.82 Å². The molecule has 1 aromatic carbocycles. The van der Waals surface area contributed by atoms with Crippen LogP contribution in [0.3, 0.4) is 0 Å². The van der Waals surface area contributed by atoms with E-state index in [-0.39, 0.29) is 35.6 Å². The lowest BCUT2D eigenvalue weighted by atomic mass is 10.1. The molecular formula is C18H20FN5O2. The first-order valence-corrected chi connectivity index (χ1v) is 8.42. The van der Waals surface area contributed by atoms with Crippen molar-refractivity contribution in [3.63, 3.8) is 0 Å². The normalized spacial score (nSPS) is 14.8. The van der Waals surface area contributed by atoms with Gasteiger partial charge in [0.15, 0.2) is 11.5 Å². The van der Waals surface area contributed by atoms with Crippen molar-refractivity contribution in [3.05, 3.63) is 53.7 Å². The molecule has 1 saturated heterocycles. The number of hydrogen-bond acceptors (Lipinski definition) is 5. The Morgan fingerprint density at radius 2 is 1.81 bits per heavy atom. The Labute approximate surface area is 150 Å². The maximum absolute atomic E-state index is 13.3. The number of rotatable bonds is 3. The first kappa shape index (κ1) is 17.8. The fraction of sp³-hybridized carbons (Fsp3) is 0.333. The van der Waals surface area contributed by atoms with Crippen LogP contribution in [0.25, 0.3) is 0 Å². The molecule has 1 aromatic heterocycles. The molecule has 0 saturated carbocycles. The zero-order valence-electron chi connectivity index (χ0n) is 14.3. The summed E-state index contributed by atoms with van der Waals surface area (Å²) in [7, 11) is 0. The topological polar surface area (TPSA) is 92.4 Å². The molecule has 136 valence electrons. The summed E-state index contributed by atoms with van der Waals surface area (Å²) >= 11 is 0. The maximum atomic E-state index is 13.3. The number of anilines is 1. The molecule has 0 radical (unpaired) electrons. The lowest BCUT2D eigenvalue weighted by Gasteiger charge is -2.22. The van der Waals surface area contributed by atoms with Crippen molar-refractivity contribution in [2.45, 2.75) is 12.8 Å². The average Bonchev–Trinajstić information content (AvgIpc) is 2.88. The van der Waals surface area contributed by atoms with E-state index in [4.69, 9.17) is 5.73 Å². The molecule has 1 aliphatic rings. The average molecular weight is 357 g/mol. The summed E-state index contributed by atoms with van der Waals surface area (Å²) in [5.41, 5.74) is 6.49. The number of aromatic nitrogens is 2. The van der Waals surface area contributed by atoms with Gasteiger partial charge in [-0.05, 0) is 24.1 Å². The van der Waals surface area contributed by atoms with Crippen LogP contribution in [-0.2, 0) is 11.2 Å². The third kappa shape index (κ3) is 4.14. The van der Waals surface area contributed by atoms with Gasteiger partial charge >= 0.3 is 0 Å². The predicted octanol–water partition coefficient (Wildman–Crippen LogP) is 1.12. The van der Waals surface area contributed by atoms with Gasteiger partial charge in [0.2, 0.25) is 5.91 Å². The van der Waals surface area contributed by atoms with Crippen molar-refractivity contribution in [1.29, 1.82) is 0 Å². The number of amides is 2. The van der Waals surface area contributed by atoms with Crippen LogP contribution in [-0.4, -0.2) is 57.8 Å². The summed E-state index contributed by atoms with van der Waals surface area (Å²) in [6.07, 6.45) is 3.65. The Morgan fingerprint density at radius 1 is 1.08 bits per heavy atom. The van der Waals surface area contributed by atoms with Crippen LogP contribution in [0.2, 0.25) is 0 Å². The number of carbonyl (C=O) groups excluding carboxylic acids is 2. The summed E-state index contributed by atoms with van der Waals surface area (Å²) < 4.78 is 13.3. The fourth-order valence-electron chi connectivity index (χ4n) is 2.97. The number of nitrogens with two attached hydrogens (primary N) is 1. The Hall–Kier alpha value is -3.03. The van der Waals surface area contributed by atoms with Gasteiger partial charge in [0, 0.05) is 38.6 Å². The van der Waals surface area contributed by atoms with Gasteiger partial charge in [0.25, 0.3) is 5.91 Å². The molecule has 7 nitrogen and oxygen atoms in total. The summed E-state index contributed by atoms with van der Waals surface area (Å²) in [6, 6.07) is 6.03.